The van der Waals surface area contributed by atoms with Crippen molar-refractivity contribution in [2.75, 3.05) is 18.9 Å². The van der Waals surface area contributed by atoms with Crippen LogP contribution < -0.4 is 5.73 Å². The summed E-state index contributed by atoms with van der Waals surface area (Å²) >= 11 is 1.56. The summed E-state index contributed by atoms with van der Waals surface area (Å²) in [6.45, 7) is 3.45. The number of aliphatic hydroxyl groups excluding tert-OH is 1. The van der Waals surface area contributed by atoms with Gasteiger partial charge in [0.15, 0.2) is 0 Å². The summed E-state index contributed by atoms with van der Waals surface area (Å²) in [5.41, 5.74) is 10.1. The van der Waals surface area contributed by atoms with Crippen molar-refractivity contribution in [2.45, 2.75) is 25.9 Å². The Morgan fingerprint density at radius 1 is 1.30 bits per heavy atom. The lowest BCUT2D eigenvalue weighted by molar-refractivity contribution is 0.00856. The summed E-state index contributed by atoms with van der Waals surface area (Å²) in [4.78, 5) is 6.71. The zero-order valence-corrected chi connectivity index (χ0v) is 16.1. The number of anilines is 1. The molecule has 0 bridgehead atoms. The molecular weight excluding hydrogens is 358 g/mol. The van der Waals surface area contributed by atoms with Crippen LogP contribution in [0, 0.1) is 18.3 Å². The Balaban J connectivity index is 1.70. The van der Waals surface area contributed by atoms with Crippen LogP contribution in [0.5, 0.6) is 0 Å². The highest BCUT2D eigenvalue weighted by atomic mass is 32.1. The molecule has 1 fully saturated rings. The number of rotatable bonds is 4. The Bertz CT molecular complexity index is 993. The SMILES string of the molecule is Cc1cc(N)c(C=N)cc1-c1ccc2cc(C(O)C3CCOCC3)sc2n1. The quantitative estimate of drug-likeness (QED) is 0.464. The van der Waals surface area contributed by atoms with Gasteiger partial charge in [0.1, 0.15) is 4.83 Å². The van der Waals surface area contributed by atoms with Crippen LogP contribution in [0.15, 0.2) is 30.3 Å². The fourth-order valence-electron chi connectivity index (χ4n) is 3.64. The third-order valence-electron chi connectivity index (χ3n) is 5.27. The average Bonchev–Trinajstić information content (AvgIpc) is 3.11. The molecule has 0 aliphatic carbocycles. The number of nitrogens with two attached hydrogens (primary N) is 1. The van der Waals surface area contributed by atoms with Crippen molar-refractivity contribution in [3.8, 4) is 11.3 Å². The van der Waals surface area contributed by atoms with E-state index in [0.29, 0.717) is 11.3 Å². The van der Waals surface area contributed by atoms with Crippen LogP contribution in [0.4, 0.5) is 5.69 Å². The predicted octanol–water partition coefficient (Wildman–Crippen LogP) is 4.31. The predicted molar refractivity (Wildman–Crippen MR) is 111 cm³/mol. The summed E-state index contributed by atoms with van der Waals surface area (Å²) in [6.07, 6.45) is 2.60. The molecule has 1 aliphatic rings. The Morgan fingerprint density at radius 2 is 2.07 bits per heavy atom. The first-order chi connectivity index (χ1) is 13.1. The number of pyridine rings is 1. The Labute approximate surface area is 162 Å². The van der Waals surface area contributed by atoms with Gasteiger partial charge in [-0.2, -0.15) is 0 Å². The molecule has 2 aromatic heterocycles. The molecule has 4 rings (SSSR count). The highest BCUT2D eigenvalue weighted by Crippen LogP contribution is 2.37. The third kappa shape index (κ3) is 3.48. The van der Waals surface area contributed by atoms with Crippen LogP contribution in [-0.4, -0.2) is 29.5 Å². The fraction of sp³-hybridized carbons (Fsp3) is 0.333. The molecule has 27 heavy (non-hydrogen) atoms. The summed E-state index contributed by atoms with van der Waals surface area (Å²) in [6, 6.07) is 9.89. The van der Waals surface area contributed by atoms with Crippen molar-refractivity contribution >= 4 is 33.5 Å². The first-order valence-corrected chi connectivity index (χ1v) is 9.95. The second-order valence-corrected chi connectivity index (χ2v) is 8.14. The molecule has 140 valence electrons. The first kappa shape index (κ1) is 18.1. The number of benzene rings is 1. The van der Waals surface area contributed by atoms with Crippen LogP contribution in [0.1, 0.15) is 34.9 Å². The first-order valence-electron chi connectivity index (χ1n) is 9.14. The van der Waals surface area contributed by atoms with E-state index < -0.39 is 6.10 Å². The van der Waals surface area contributed by atoms with E-state index in [1.807, 2.05) is 31.2 Å². The van der Waals surface area contributed by atoms with E-state index >= 15 is 0 Å². The van der Waals surface area contributed by atoms with Crippen molar-refractivity contribution < 1.29 is 9.84 Å². The van der Waals surface area contributed by atoms with E-state index in [-0.39, 0.29) is 5.92 Å². The zero-order valence-electron chi connectivity index (χ0n) is 15.2. The summed E-state index contributed by atoms with van der Waals surface area (Å²) in [7, 11) is 0. The van der Waals surface area contributed by atoms with Crippen molar-refractivity contribution in [1.82, 2.24) is 4.98 Å². The Kier molecular flexibility index (Phi) is 4.95. The number of ether oxygens (including phenoxy) is 1. The van der Waals surface area contributed by atoms with Gasteiger partial charge < -0.3 is 21.0 Å². The number of fused-ring (bicyclic) bond motifs is 1. The standard InChI is InChI=1S/C21H23N3O2S/c1-12-8-17(23)15(11-22)9-16(12)18-3-2-14-10-19(27-21(14)24-18)20(25)13-4-6-26-7-5-13/h2-3,8-11,13,20,22,25H,4-7,23H2,1H3. The molecule has 1 unspecified atom stereocenters. The maximum absolute atomic E-state index is 10.8. The minimum atomic E-state index is -0.459. The van der Waals surface area contributed by atoms with E-state index in [2.05, 4.69) is 6.07 Å². The van der Waals surface area contributed by atoms with Gasteiger partial charge in [-0.25, -0.2) is 4.98 Å². The van der Waals surface area contributed by atoms with Crippen molar-refractivity contribution in [3.05, 3.63) is 46.3 Å². The van der Waals surface area contributed by atoms with Gasteiger partial charge in [-0.05, 0) is 61.6 Å². The van der Waals surface area contributed by atoms with Crippen LogP contribution in [0.2, 0.25) is 0 Å². The highest BCUT2D eigenvalue weighted by Gasteiger charge is 2.25. The number of hydrogen-bond acceptors (Lipinski definition) is 6. The molecular formula is C21H23N3O2S. The van der Waals surface area contributed by atoms with E-state index in [9.17, 15) is 5.11 Å². The summed E-state index contributed by atoms with van der Waals surface area (Å²) in [5, 5.41) is 19.3. The van der Waals surface area contributed by atoms with E-state index in [1.165, 1.54) is 6.21 Å². The number of nitrogen functional groups attached to an aromatic ring is 1. The number of aryl methyl sites for hydroxylation is 1. The molecule has 6 heteroatoms. The van der Waals surface area contributed by atoms with E-state index in [0.717, 1.165) is 58.0 Å². The van der Waals surface area contributed by atoms with Gasteiger partial charge in [0, 0.05) is 46.5 Å². The number of nitrogens with zero attached hydrogens (tertiary/aromatic N) is 1. The second-order valence-electron chi connectivity index (χ2n) is 7.07. The maximum Gasteiger partial charge on any atom is 0.124 e. The number of thiophene rings is 1. The number of nitrogens with one attached hydrogen (secondary N) is 1. The molecule has 5 nitrogen and oxygen atoms in total. The molecule has 3 aromatic rings. The molecule has 0 amide bonds. The van der Waals surface area contributed by atoms with Gasteiger partial charge in [0.25, 0.3) is 0 Å². The lowest BCUT2D eigenvalue weighted by atomic mass is 9.93. The monoisotopic (exact) mass is 381 g/mol. The van der Waals surface area contributed by atoms with Crippen molar-refractivity contribution in [3.63, 3.8) is 0 Å². The second kappa shape index (κ2) is 7.38. The Hall–Kier alpha value is -2.28. The molecule has 1 aromatic carbocycles. The Morgan fingerprint density at radius 3 is 2.81 bits per heavy atom. The van der Waals surface area contributed by atoms with E-state index in [4.69, 9.17) is 20.9 Å². The van der Waals surface area contributed by atoms with Crippen LogP contribution in [-0.2, 0) is 4.74 Å². The lowest BCUT2D eigenvalue weighted by Gasteiger charge is -2.25. The van der Waals surface area contributed by atoms with Gasteiger partial charge in [-0.1, -0.05) is 0 Å². The van der Waals surface area contributed by atoms with E-state index in [1.54, 1.807) is 11.3 Å². The molecule has 1 atom stereocenters. The summed E-state index contributed by atoms with van der Waals surface area (Å²) in [5.74, 6) is 0.251. The fourth-order valence-corrected chi connectivity index (χ4v) is 4.76. The molecule has 1 aliphatic heterocycles. The van der Waals surface area contributed by atoms with Crippen LogP contribution in [0.3, 0.4) is 0 Å². The number of aromatic nitrogens is 1. The van der Waals surface area contributed by atoms with Crippen LogP contribution >= 0.6 is 11.3 Å². The minimum Gasteiger partial charge on any atom is -0.398 e. The third-order valence-corrected chi connectivity index (χ3v) is 6.38. The number of hydrogen-bond donors (Lipinski definition) is 3. The lowest BCUT2D eigenvalue weighted by Crippen LogP contribution is -2.21. The topological polar surface area (TPSA) is 92.2 Å². The van der Waals surface area contributed by atoms with Crippen molar-refractivity contribution in [1.29, 1.82) is 5.41 Å². The largest absolute Gasteiger partial charge is 0.398 e. The zero-order chi connectivity index (χ0) is 19.0. The van der Waals surface area contributed by atoms with Gasteiger partial charge in [-0.3, -0.25) is 0 Å². The highest BCUT2D eigenvalue weighted by molar-refractivity contribution is 7.18. The average molecular weight is 382 g/mol. The van der Waals surface area contributed by atoms with Crippen LogP contribution in [0.25, 0.3) is 21.5 Å². The molecule has 1 saturated heterocycles. The summed E-state index contributed by atoms with van der Waals surface area (Å²) < 4.78 is 5.40. The minimum absolute atomic E-state index is 0.251. The smallest absolute Gasteiger partial charge is 0.124 e. The van der Waals surface area contributed by atoms with Gasteiger partial charge in [0.05, 0.1) is 11.8 Å². The molecule has 0 saturated carbocycles. The van der Waals surface area contributed by atoms with Crippen molar-refractivity contribution in [2.24, 2.45) is 5.92 Å². The van der Waals surface area contributed by atoms with Gasteiger partial charge >= 0.3 is 0 Å². The normalized spacial score (nSPS) is 16.5. The number of aliphatic hydroxyl groups is 1. The van der Waals surface area contributed by atoms with Gasteiger partial charge in [-0.15, -0.1) is 11.3 Å². The maximum atomic E-state index is 10.8. The molecule has 0 spiro atoms. The van der Waals surface area contributed by atoms with Gasteiger partial charge in [0.2, 0.25) is 0 Å². The molecule has 0 radical (unpaired) electrons. The molecule has 4 N–H and O–H groups in total. The molecule has 3 heterocycles.